The monoisotopic (exact) mass is 592 g/mol. The summed E-state index contributed by atoms with van der Waals surface area (Å²) < 4.78 is 5.68. The molecule has 2 fully saturated rings. The summed E-state index contributed by atoms with van der Waals surface area (Å²) in [5.41, 5.74) is 13.0. The number of ether oxygens (including phenoxy) is 1. The Labute approximate surface area is 217 Å². The molecule has 2 saturated heterocycles. The highest BCUT2D eigenvalue weighted by Gasteiger charge is 2.40. The topological polar surface area (TPSA) is 161 Å². The third-order valence-electron chi connectivity index (χ3n) is 6.41. The minimum Gasteiger partial charge on any atom is -0.497 e. The third kappa shape index (κ3) is 5.74. The van der Waals surface area contributed by atoms with E-state index in [9.17, 15) is 9.59 Å². The molecule has 35 heavy (non-hydrogen) atoms. The molecule has 0 unspecified atom stereocenters. The number of nitrogens with one attached hydrogen (secondary N) is 2. The molecule has 11 nitrogen and oxygen atoms in total. The minimum atomic E-state index is -0.584. The van der Waals surface area contributed by atoms with Gasteiger partial charge in [-0.05, 0) is 37.0 Å². The Kier molecular flexibility index (Phi) is 7.57. The van der Waals surface area contributed by atoms with Gasteiger partial charge in [0.1, 0.15) is 11.6 Å². The molecule has 1 aromatic carbocycles. The molecule has 2 aromatic rings. The average Bonchev–Trinajstić information content (AvgIpc) is 3.24. The summed E-state index contributed by atoms with van der Waals surface area (Å²) in [4.78, 5) is 39.7. The molecule has 2 aliphatic heterocycles. The van der Waals surface area contributed by atoms with Gasteiger partial charge in [0.15, 0.2) is 17.5 Å². The van der Waals surface area contributed by atoms with Crippen LogP contribution in [-0.2, 0) is 15.6 Å². The lowest BCUT2D eigenvalue weighted by Gasteiger charge is -2.38. The van der Waals surface area contributed by atoms with Crippen molar-refractivity contribution in [2.24, 2.45) is 4.99 Å². The van der Waals surface area contributed by atoms with E-state index in [1.807, 2.05) is 29.2 Å². The Morgan fingerprint density at radius 3 is 2.54 bits per heavy atom. The number of anilines is 2. The molecule has 6 N–H and O–H groups in total. The van der Waals surface area contributed by atoms with Gasteiger partial charge in [-0.15, -0.1) is 0 Å². The van der Waals surface area contributed by atoms with Crippen LogP contribution in [0, 0.1) is 0 Å². The van der Waals surface area contributed by atoms with Gasteiger partial charge in [0, 0.05) is 30.5 Å². The van der Waals surface area contributed by atoms with Crippen LogP contribution in [0.25, 0.3) is 0 Å². The van der Waals surface area contributed by atoms with Crippen LogP contribution >= 0.6 is 22.6 Å². The van der Waals surface area contributed by atoms with Crippen LogP contribution in [0.4, 0.5) is 11.6 Å². The first-order chi connectivity index (χ1) is 16.8. The number of carbonyl (C=O) groups is 2. The van der Waals surface area contributed by atoms with Crippen LogP contribution in [0.1, 0.15) is 41.0 Å². The second kappa shape index (κ2) is 10.6. The molecule has 0 bridgehead atoms. The van der Waals surface area contributed by atoms with Gasteiger partial charge in [-0.1, -0.05) is 34.7 Å². The summed E-state index contributed by atoms with van der Waals surface area (Å²) in [5, 5.41) is 6.51. The van der Waals surface area contributed by atoms with E-state index >= 15 is 0 Å². The summed E-state index contributed by atoms with van der Waals surface area (Å²) >= 11 is 2.09. The van der Waals surface area contributed by atoms with E-state index in [2.05, 4.69) is 48.2 Å². The number of aromatic nitrogens is 2. The predicted molar refractivity (Wildman–Crippen MR) is 141 cm³/mol. The fraction of sp³-hybridized carbons (Fsp3) is 0.435. The van der Waals surface area contributed by atoms with Crippen molar-refractivity contribution in [1.82, 2.24) is 25.5 Å². The number of carbonyl (C=O) groups excluding carboxylic acids is 2. The number of aliphatic imine (C=N–C) groups is 1. The summed E-state index contributed by atoms with van der Waals surface area (Å²) in [5.74, 6) is 0.915. The lowest BCUT2D eigenvalue weighted by molar-refractivity contribution is -0.132. The number of methoxy groups -OCH3 is 1. The third-order valence-corrected chi connectivity index (χ3v) is 7.13. The largest absolute Gasteiger partial charge is 0.497 e. The molecule has 4 rings (SSSR count). The van der Waals surface area contributed by atoms with Crippen molar-refractivity contribution in [3.05, 3.63) is 41.2 Å². The Hall–Kier alpha value is -3.16. The van der Waals surface area contributed by atoms with Crippen LogP contribution in [0.5, 0.6) is 5.75 Å². The molecule has 1 spiro atoms. The molecule has 0 atom stereocenters. The van der Waals surface area contributed by atoms with E-state index in [0.29, 0.717) is 48.6 Å². The molecule has 12 heteroatoms. The molecule has 0 saturated carbocycles. The van der Waals surface area contributed by atoms with Crippen LogP contribution in [0.15, 0.2) is 29.3 Å². The fourth-order valence-corrected chi connectivity index (χ4v) is 4.82. The second-order valence-electron chi connectivity index (χ2n) is 8.68. The smallest absolute Gasteiger partial charge is 0.302 e. The maximum absolute atomic E-state index is 12.7. The van der Waals surface area contributed by atoms with E-state index < -0.39 is 5.91 Å². The standard InChI is InChI=1S/C23H29IN8O3/c1-35-15-5-2-14(3-6-15)4-7-17(33)32-10-8-23(9-11-32)13-27-22(31-23)30-21(34)18-20(26)29-19(25)16(12-24)28-18/h2-3,5-6H,4,7-13H2,1H3,(H4,25,26,29)(H2,27,30,31,34). The molecular weight excluding hydrogens is 563 g/mol. The number of piperidine rings is 1. The van der Waals surface area contributed by atoms with Crippen molar-refractivity contribution >= 4 is 52.0 Å². The number of aryl methyl sites for hydroxylation is 1. The summed E-state index contributed by atoms with van der Waals surface area (Å²) in [6, 6.07) is 7.78. The van der Waals surface area contributed by atoms with Crippen molar-refractivity contribution in [2.75, 3.05) is 38.2 Å². The lowest BCUT2D eigenvalue weighted by Crippen LogP contribution is -2.53. The van der Waals surface area contributed by atoms with Crippen LogP contribution in [0.2, 0.25) is 0 Å². The van der Waals surface area contributed by atoms with E-state index in [-0.39, 0.29) is 28.8 Å². The van der Waals surface area contributed by atoms with Gasteiger partial charge < -0.3 is 31.7 Å². The van der Waals surface area contributed by atoms with E-state index in [0.717, 1.165) is 24.2 Å². The summed E-state index contributed by atoms with van der Waals surface area (Å²) in [6.45, 7) is 1.91. The number of rotatable bonds is 6. The molecule has 0 aliphatic carbocycles. The van der Waals surface area contributed by atoms with Crippen molar-refractivity contribution < 1.29 is 14.3 Å². The number of likely N-dealkylation sites (tertiary alicyclic amines) is 1. The van der Waals surface area contributed by atoms with Crippen LogP contribution in [0.3, 0.4) is 0 Å². The molecule has 186 valence electrons. The van der Waals surface area contributed by atoms with Crippen LogP contribution < -0.4 is 26.8 Å². The molecule has 3 heterocycles. The van der Waals surface area contributed by atoms with E-state index in [1.165, 1.54) is 0 Å². The maximum Gasteiger partial charge on any atom is 0.302 e. The van der Waals surface area contributed by atoms with Crippen molar-refractivity contribution in [3.63, 3.8) is 0 Å². The quantitative estimate of drug-likeness (QED) is 0.286. The zero-order valence-electron chi connectivity index (χ0n) is 19.5. The fourth-order valence-electron chi connectivity index (χ4n) is 4.25. The number of guanidine groups is 1. The lowest BCUT2D eigenvalue weighted by atomic mass is 9.88. The Balaban J connectivity index is 1.31. The zero-order chi connectivity index (χ0) is 25.0. The van der Waals surface area contributed by atoms with Gasteiger partial charge >= 0.3 is 5.91 Å². The Morgan fingerprint density at radius 1 is 1.17 bits per heavy atom. The molecule has 1 aromatic heterocycles. The normalized spacial score (nSPS) is 17.8. The molecule has 0 radical (unpaired) electrons. The highest BCUT2D eigenvalue weighted by molar-refractivity contribution is 14.1. The first kappa shape index (κ1) is 24.9. The predicted octanol–water partition coefficient (Wildman–Crippen LogP) is 1.27. The number of nitrogen functional groups attached to an aromatic ring is 2. The Morgan fingerprint density at radius 2 is 1.89 bits per heavy atom. The van der Waals surface area contributed by atoms with Gasteiger partial charge in [-0.25, -0.2) is 9.97 Å². The maximum atomic E-state index is 12.7. The van der Waals surface area contributed by atoms with Crippen molar-refractivity contribution in [3.8, 4) is 5.75 Å². The van der Waals surface area contributed by atoms with Crippen molar-refractivity contribution in [1.29, 1.82) is 0 Å². The van der Waals surface area contributed by atoms with Gasteiger partial charge in [-0.2, -0.15) is 4.99 Å². The number of amides is 2. The number of alkyl halides is 1. The number of nitrogens with zero attached hydrogens (tertiary/aromatic N) is 4. The number of hydrogen-bond acceptors (Lipinski definition) is 7. The summed E-state index contributed by atoms with van der Waals surface area (Å²) in [7, 11) is 1.63. The number of halogens is 1. The van der Waals surface area contributed by atoms with Crippen LogP contribution in [-0.4, -0.2) is 64.9 Å². The SMILES string of the molecule is COc1ccc(CCC(=O)N2CCC3(CC2)CN/C(=N\C(=O)c2nc(CI)c(N)nc2N)N3)cc1. The highest BCUT2D eigenvalue weighted by Crippen LogP contribution is 2.25. The van der Waals surface area contributed by atoms with Gasteiger partial charge in [0.2, 0.25) is 5.91 Å². The molecule has 2 aliphatic rings. The number of hydrogen-bond donors (Lipinski definition) is 4. The first-order valence-corrected chi connectivity index (χ1v) is 12.9. The number of benzene rings is 1. The first-order valence-electron chi connectivity index (χ1n) is 11.4. The average molecular weight is 592 g/mol. The number of nitrogens with two attached hydrogens (primary N) is 2. The van der Waals surface area contributed by atoms with E-state index in [4.69, 9.17) is 16.2 Å². The zero-order valence-corrected chi connectivity index (χ0v) is 21.7. The molecular formula is C23H29IN8O3. The van der Waals surface area contributed by atoms with Gasteiger partial charge in [-0.3, -0.25) is 9.59 Å². The summed E-state index contributed by atoms with van der Waals surface area (Å²) in [6.07, 6.45) is 2.67. The van der Waals surface area contributed by atoms with E-state index in [1.54, 1.807) is 7.11 Å². The minimum absolute atomic E-state index is 0.0137. The second-order valence-corrected chi connectivity index (χ2v) is 9.44. The van der Waals surface area contributed by atoms with Crippen molar-refractivity contribution in [2.45, 2.75) is 35.6 Å². The Bertz CT molecular complexity index is 1130. The highest BCUT2D eigenvalue weighted by atomic mass is 127. The van der Waals surface area contributed by atoms with Gasteiger partial charge in [0.05, 0.1) is 18.3 Å². The van der Waals surface area contributed by atoms with Gasteiger partial charge in [0.25, 0.3) is 0 Å². The molecule has 2 amide bonds.